The van der Waals surface area contributed by atoms with E-state index >= 15 is 0 Å². The normalized spacial score (nSPS) is 17.1. The molecule has 3 rings (SSSR count). The van der Waals surface area contributed by atoms with Gasteiger partial charge in [-0.1, -0.05) is 0 Å². The van der Waals surface area contributed by atoms with Gasteiger partial charge in [-0.2, -0.15) is 5.26 Å². The SMILES string of the molecule is CC(=O)N1CCC[C@@H](C(=O)NCCc2c(C)[nH]c3ccc(C#N)cc23)C1. The van der Waals surface area contributed by atoms with Crippen molar-refractivity contribution in [2.45, 2.75) is 33.1 Å². The third kappa shape index (κ3) is 3.72. The number of likely N-dealkylation sites (tertiary alicyclic amines) is 1. The van der Waals surface area contributed by atoms with E-state index in [2.05, 4.69) is 16.4 Å². The minimum Gasteiger partial charge on any atom is -0.358 e. The van der Waals surface area contributed by atoms with Gasteiger partial charge in [-0.15, -0.1) is 0 Å². The van der Waals surface area contributed by atoms with Gasteiger partial charge in [-0.05, 0) is 49.9 Å². The molecule has 1 aromatic carbocycles. The Kier molecular flexibility index (Phi) is 5.27. The number of hydrogen-bond donors (Lipinski definition) is 2. The molecule has 0 saturated carbocycles. The van der Waals surface area contributed by atoms with Crippen molar-refractivity contribution in [3.63, 3.8) is 0 Å². The van der Waals surface area contributed by atoms with Gasteiger partial charge in [0.15, 0.2) is 0 Å². The molecule has 2 N–H and O–H groups in total. The van der Waals surface area contributed by atoms with Crippen LogP contribution in [0, 0.1) is 24.2 Å². The Labute approximate surface area is 153 Å². The van der Waals surface area contributed by atoms with E-state index in [1.165, 1.54) is 0 Å². The predicted molar refractivity (Wildman–Crippen MR) is 99.4 cm³/mol. The first-order valence-electron chi connectivity index (χ1n) is 9.04. The molecule has 1 aliphatic heterocycles. The highest BCUT2D eigenvalue weighted by Gasteiger charge is 2.26. The summed E-state index contributed by atoms with van der Waals surface area (Å²) in [6, 6.07) is 7.78. The summed E-state index contributed by atoms with van der Waals surface area (Å²) >= 11 is 0. The molecule has 1 atom stereocenters. The van der Waals surface area contributed by atoms with Crippen LogP contribution in [0.2, 0.25) is 0 Å². The maximum atomic E-state index is 12.4. The van der Waals surface area contributed by atoms with E-state index in [-0.39, 0.29) is 17.7 Å². The molecule has 0 spiro atoms. The standard InChI is InChI=1S/C20H24N4O2/c1-13-17(18-10-15(11-21)5-6-19(18)23-13)7-8-22-20(26)16-4-3-9-24(12-16)14(2)25/h5-6,10,16,23H,3-4,7-9,12H2,1-2H3,(H,22,26)/t16-/m1/s1. The average Bonchev–Trinajstić information content (AvgIpc) is 2.96. The second kappa shape index (κ2) is 7.61. The zero-order valence-corrected chi connectivity index (χ0v) is 15.3. The number of hydrogen-bond acceptors (Lipinski definition) is 3. The highest BCUT2D eigenvalue weighted by Crippen LogP contribution is 2.24. The van der Waals surface area contributed by atoms with Crippen LogP contribution < -0.4 is 5.32 Å². The third-order valence-corrected chi connectivity index (χ3v) is 5.16. The molecular weight excluding hydrogens is 328 g/mol. The van der Waals surface area contributed by atoms with Crippen molar-refractivity contribution in [1.82, 2.24) is 15.2 Å². The van der Waals surface area contributed by atoms with E-state index in [0.717, 1.165) is 41.5 Å². The number of benzene rings is 1. The van der Waals surface area contributed by atoms with Gasteiger partial charge in [0.25, 0.3) is 0 Å². The van der Waals surface area contributed by atoms with Crippen molar-refractivity contribution in [2.24, 2.45) is 5.92 Å². The number of nitriles is 1. The monoisotopic (exact) mass is 352 g/mol. The molecule has 6 nitrogen and oxygen atoms in total. The third-order valence-electron chi connectivity index (χ3n) is 5.16. The fraction of sp³-hybridized carbons (Fsp3) is 0.450. The van der Waals surface area contributed by atoms with Crippen molar-refractivity contribution in [1.29, 1.82) is 5.26 Å². The van der Waals surface area contributed by atoms with Gasteiger partial charge < -0.3 is 15.2 Å². The number of fused-ring (bicyclic) bond motifs is 1. The zero-order chi connectivity index (χ0) is 18.7. The van der Waals surface area contributed by atoms with Crippen LogP contribution in [-0.2, 0) is 16.0 Å². The van der Waals surface area contributed by atoms with Gasteiger partial charge in [0.2, 0.25) is 11.8 Å². The van der Waals surface area contributed by atoms with Crippen molar-refractivity contribution < 1.29 is 9.59 Å². The summed E-state index contributed by atoms with van der Waals surface area (Å²) in [5, 5.41) is 13.2. The van der Waals surface area contributed by atoms with E-state index in [4.69, 9.17) is 5.26 Å². The van der Waals surface area contributed by atoms with Crippen molar-refractivity contribution in [3.8, 4) is 6.07 Å². The van der Waals surface area contributed by atoms with E-state index in [1.54, 1.807) is 17.9 Å². The van der Waals surface area contributed by atoms with Crippen LogP contribution in [0.15, 0.2) is 18.2 Å². The molecule has 2 aromatic rings. The summed E-state index contributed by atoms with van der Waals surface area (Å²) in [6.45, 7) is 5.36. The number of aromatic amines is 1. The number of H-pyrrole nitrogens is 1. The van der Waals surface area contributed by atoms with E-state index in [0.29, 0.717) is 25.1 Å². The number of piperidine rings is 1. The number of amides is 2. The van der Waals surface area contributed by atoms with Gasteiger partial charge in [0, 0.05) is 43.2 Å². The Bertz CT molecular complexity index is 878. The van der Waals surface area contributed by atoms with Crippen molar-refractivity contribution in [3.05, 3.63) is 35.0 Å². The summed E-state index contributed by atoms with van der Waals surface area (Å²) in [4.78, 5) is 29.0. The molecule has 6 heteroatoms. The molecule has 1 aromatic heterocycles. The van der Waals surface area contributed by atoms with Gasteiger partial charge in [0.1, 0.15) is 0 Å². The van der Waals surface area contributed by atoms with Crippen LogP contribution in [0.4, 0.5) is 0 Å². The predicted octanol–water partition coefficient (Wildman–Crippen LogP) is 2.27. The summed E-state index contributed by atoms with van der Waals surface area (Å²) in [5.41, 5.74) is 3.83. The number of carbonyl (C=O) groups is 2. The first kappa shape index (κ1) is 18.0. The number of carbonyl (C=O) groups excluding carboxylic acids is 2. The van der Waals surface area contributed by atoms with Crippen LogP contribution in [0.5, 0.6) is 0 Å². The molecular formula is C20H24N4O2. The lowest BCUT2D eigenvalue weighted by atomic mass is 9.97. The molecule has 2 amide bonds. The lowest BCUT2D eigenvalue weighted by Crippen LogP contribution is -2.45. The first-order chi connectivity index (χ1) is 12.5. The van der Waals surface area contributed by atoms with Crippen LogP contribution >= 0.6 is 0 Å². The highest BCUT2D eigenvalue weighted by molar-refractivity contribution is 5.86. The number of nitrogens with zero attached hydrogens (tertiary/aromatic N) is 2. The second-order valence-electron chi connectivity index (χ2n) is 6.95. The molecule has 0 bridgehead atoms. The Morgan fingerprint density at radius 1 is 1.42 bits per heavy atom. The Morgan fingerprint density at radius 2 is 2.23 bits per heavy atom. The minimum atomic E-state index is -0.123. The van der Waals surface area contributed by atoms with Crippen LogP contribution in [-0.4, -0.2) is 41.3 Å². The summed E-state index contributed by atoms with van der Waals surface area (Å²) in [7, 11) is 0. The molecule has 0 unspecified atom stereocenters. The topological polar surface area (TPSA) is 89.0 Å². The van der Waals surface area contributed by atoms with Crippen LogP contribution in [0.1, 0.15) is 36.6 Å². The van der Waals surface area contributed by atoms with Gasteiger partial charge in [-0.3, -0.25) is 9.59 Å². The zero-order valence-electron chi connectivity index (χ0n) is 15.3. The smallest absolute Gasteiger partial charge is 0.224 e. The van der Waals surface area contributed by atoms with E-state index in [9.17, 15) is 9.59 Å². The Balaban J connectivity index is 1.62. The first-order valence-corrected chi connectivity index (χ1v) is 9.04. The maximum Gasteiger partial charge on any atom is 0.224 e. The molecule has 1 aliphatic rings. The van der Waals surface area contributed by atoms with Crippen LogP contribution in [0.25, 0.3) is 10.9 Å². The van der Waals surface area contributed by atoms with E-state index in [1.807, 2.05) is 19.1 Å². The Hall–Kier alpha value is -2.81. The summed E-state index contributed by atoms with van der Waals surface area (Å²) < 4.78 is 0. The van der Waals surface area contributed by atoms with Crippen molar-refractivity contribution in [2.75, 3.05) is 19.6 Å². The number of rotatable bonds is 4. The minimum absolute atomic E-state index is 0.0196. The van der Waals surface area contributed by atoms with E-state index < -0.39 is 0 Å². The lowest BCUT2D eigenvalue weighted by Gasteiger charge is -2.31. The molecule has 26 heavy (non-hydrogen) atoms. The molecule has 136 valence electrons. The maximum absolute atomic E-state index is 12.4. The number of aryl methyl sites for hydroxylation is 1. The molecule has 1 fully saturated rings. The molecule has 2 heterocycles. The second-order valence-corrected chi connectivity index (χ2v) is 6.95. The quantitative estimate of drug-likeness (QED) is 0.884. The summed E-state index contributed by atoms with van der Waals surface area (Å²) in [6.07, 6.45) is 2.40. The fourth-order valence-corrected chi connectivity index (χ4v) is 3.71. The van der Waals surface area contributed by atoms with Gasteiger partial charge in [-0.25, -0.2) is 0 Å². The number of aromatic nitrogens is 1. The van der Waals surface area contributed by atoms with Gasteiger partial charge in [0.05, 0.1) is 17.6 Å². The number of nitrogens with one attached hydrogen (secondary N) is 2. The largest absolute Gasteiger partial charge is 0.358 e. The molecule has 1 saturated heterocycles. The molecule has 0 radical (unpaired) electrons. The molecule has 0 aliphatic carbocycles. The average molecular weight is 352 g/mol. The van der Waals surface area contributed by atoms with Crippen molar-refractivity contribution >= 4 is 22.7 Å². The summed E-state index contributed by atoms with van der Waals surface area (Å²) in [5.74, 6) is -0.0710. The van der Waals surface area contributed by atoms with Crippen LogP contribution in [0.3, 0.4) is 0 Å². The highest BCUT2D eigenvalue weighted by atomic mass is 16.2. The fourth-order valence-electron chi connectivity index (χ4n) is 3.71. The Morgan fingerprint density at radius 3 is 2.96 bits per heavy atom. The lowest BCUT2D eigenvalue weighted by molar-refractivity contribution is -0.133. The van der Waals surface area contributed by atoms with Gasteiger partial charge >= 0.3 is 0 Å².